The number of methoxy groups -OCH3 is 1. The normalized spacial score (nSPS) is 15.8. The average molecular weight is 410 g/mol. The maximum absolute atomic E-state index is 12.7. The number of nitrogens with zero attached hydrogens (tertiary/aromatic N) is 1. The quantitative estimate of drug-likeness (QED) is 0.607. The molecule has 1 aliphatic heterocycles. The van der Waals surface area contributed by atoms with Gasteiger partial charge in [-0.1, -0.05) is 18.2 Å². The van der Waals surface area contributed by atoms with Crippen LogP contribution in [-0.2, 0) is 22.3 Å². The van der Waals surface area contributed by atoms with Crippen molar-refractivity contribution in [2.75, 3.05) is 7.11 Å². The van der Waals surface area contributed by atoms with Gasteiger partial charge in [0.05, 0.1) is 18.9 Å². The van der Waals surface area contributed by atoms with Gasteiger partial charge in [0, 0.05) is 29.6 Å². The fraction of sp³-hybridized carbons (Fsp3) is 0.227. The lowest BCUT2D eigenvalue weighted by Gasteiger charge is -2.13. The number of aryl methyl sites for hydroxylation is 1. The highest BCUT2D eigenvalue weighted by Crippen LogP contribution is 2.27. The number of fused-ring (bicyclic) bond motifs is 1. The van der Waals surface area contributed by atoms with Crippen molar-refractivity contribution in [3.8, 4) is 5.75 Å². The number of nitrogens with one attached hydrogen (secondary N) is 1. The van der Waals surface area contributed by atoms with E-state index >= 15 is 0 Å². The maximum atomic E-state index is 12.7. The monoisotopic (exact) mass is 410 g/mol. The van der Waals surface area contributed by atoms with E-state index in [1.165, 1.54) is 0 Å². The summed E-state index contributed by atoms with van der Waals surface area (Å²) in [4.78, 5) is 12.7. The van der Waals surface area contributed by atoms with Gasteiger partial charge in [0.15, 0.2) is 5.78 Å². The Balaban J connectivity index is 1.49. The molecule has 2 heterocycles. The van der Waals surface area contributed by atoms with Crippen molar-refractivity contribution >= 4 is 15.8 Å². The summed E-state index contributed by atoms with van der Waals surface area (Å²) in [5.74, 6) is 0.340. The van der Waals surface area contributed by atoms with Crippen LogP contribution in [0.4, 0.5) is 0 Å². The van der Waals surface area contributed by atoms with Crippen LogP contribution >= 0.6 is 0 Å². The van der Waals surface area contributed by atoms with Crippen molar-refractivity contribution < 1.29 is 17.9 Å². The molecule has 0 radical (unpaired) electrons. The van der Waals surface area contributed by atoms with Crippen LogP contribution in [0.3, 0.4) is 0 Å². The molecular formula is C22H22N2O4S. The van der Waals surface area contributed by atoms with Gasteiger partial charge in [-0.25, -0.2) is 13.1 Å². The molecule has 1 aromatic heterocycles. The standard InChI is InChI=1S/C22H22N2O4S/c1-28-19-9-7-17(8-10-19)22(25)18-5-2-4-16(14-18)15-29(26,27)23-20-11-13-24-12-3-6-21(20)24/h2-10,12,14,20,23H,11,13,15H2,1H3. The summed E-state index contributed by atoms with van der Waals surface area (Å²) in [5, 5.41) is 0. The number of rotatable bonds is 7. The van der Waals surface area contributed by atoms with Gasteiger partial charge in [-0.3, -0.25) is 4.79 Å². The second-order valence-corrected chi connectivity index (χ2v) is 8.86. The lowest BCUT2D eigenvalue weighted by molar-refractivity contribution is 0.103. The molecule has 29 heavy (non-hydrogen) atoms. The summed E-state index contributed by atoms with van der Waals surface area (Å²) in [5.41, 5.74) is 2.54. The topological polar surface area (TPSA) is 77.4 Å². The number of sulfonamides is 1. The molecule has 7 heteroatoms. The number of carbonyl (C=O) groups is 1. The molecule has 6 nitrogen and oxygen atoms in total. The maximum Gasteiger partial charge on any atom is 0.216 e. The van der Waals surface area contributed by atoms with Gasteiger partial charge in [-0.2, -0.15) is 0 Å². The second kappa shape index (κ2) is 7.85. The molecule has 2 aromatic carbocycles. The zero-order valence-corrected chi connectivity index (χ0v) is 16.9. The molecule has 1 atom stereocenters. The van der Waals surface area contributed by atoms with E-state index in [4.69, 9.17) is 4.74 Å². The Morgan fingerprint density at radius 3 is 2.66 bits per heavy atom. The smallest absolute Gasteiger partial charge is 0.216 e. The van der Waals surface area contributed by atoms with Gasteiger partial charge in [-0.15, -0.1) is 0 Å². The van der Waals surface area contributed by atoms with Gasteiger partial charge >= 0.3 is 0 Å². The van der Waals surface area contributed by atoms with Crippen LogP contribution in [0.25, 0.3) is 0 Å². The first-order valence-electron chi connectivity index (χ1n) is 9.38. The molecule has 150 valence electrons. The molecule has 0 bridgehead atoms. The summed E-state index contributed by atoms with van der Waals surface area (Å²) in [6.07, 6.45) is 2.70. The van der Waals surface area contributed by atoms with E-state index in [0.717, 1.165) is 18.7 Å². The Morgan fingerprint density at radius 2 is 1.90 bits per heavy atom. The molecule has 1 aliphatic rings. The Morgan fingerprint density at radius 1 is 1.10 bits per heavy atom. The van der Waals surface area contributed by atoms with Crippen molar-refractivity contribution in [2.24, 2.45) is 0 Å². The molecule has 0 spiro atoms. The highest BCUT2D eigenvalue weighted by molar-refractivity contribution is 7.88. The number of hydrogen-bond acceptors (Lipinski definition) is 4. The van der Waals surface area contributed by atoms with Gasteiger partial charge in [0.25, 0.3) is 0 Å². The van der Waals surface area contributed by atoms with Crippen molar-refractivity contribution in [2.45, 2.75) is 24.8 Å². The lowest BCUT2D eigenvalue weighted by atomic mass is 10.0. The zero-order valence-electron chi connectivity index (χ0n) is 16.0. The second-order valence-electron chi connectivity index (χ2n) is 7.10. The van der Waals surface area contributed by atoms with E-state index in [-0.39, 0.29) is 17.6 Å². The molecule has 1 N–H and O–H groups in total. The zero-order chi connectivity index (χ0) is 20.4. The predicted octanol–water partition coefficient (Wildman–Crippen LogP) is 3.29. The number of aromatic nitrogens is 1. The van der Waals surface area contributed by atoms with Crippen LogP contribution in [0.15, 0.2) is 66.9 Å². The van der Waals surface area contributed by atoms with Crippen molar-refractivity contribution in [1.82, 2.24) is 9.29 Å². The minimum atomic E-state index is -3.55. The van der Waals surface area contributed by atoms with Crippen LogP contribution in [0.1, 0.15) is 39.6 Å². The van der Waals surface area contributed by atoms with Crippen LogP contribution in [0.5, 0.6) is 5.75 Å². The van der Waals surface area contributed by atoms with Crippen molar-refractivity contribution in [3.05, 3.63) is 89.2 Å². The van der Waals surface area contributed by atoms with Gasteiger partial charge < -0.3 is 9.30 Å². The molecule has 4 rings (SSSR count). The molecule has 0 fully saturated rings. The largest absolute Gasteiger partial charge is 0.497 e. The van der Waals surface area contributed by atoms with Gasteiger partial charge in [0.1, 0.15) is 5.75 Å². The lowest BCUT2D eigenvalue weighted by Crippen LogP contribution is -2.28. The Labute approximate surface area is 170 Å². The molecule has 1 unspecified atom stereocenters. The number of benzene rings is 2. The summed E-state index contributed by atoms with van der Waals surface area (Å²) in [6.45, 7) is 0.807. The van der Waals surface area contributed by atoms with Gasteiger partial charge in [-0.05, 0) is 54.4 Å². The number of hydrogen-bond donors (Lipinski definition) is 1. The first-order valence-corrected chi connectivity index (χ1v) is 11.0. The van der Waals surface area contributed by atoms with E-state index in [0.29, 0.717) is 22.4 Å². The van der Waals surface area contributed by atoms with E-state index in [2.05, 4.69) is 9.29 Å². The van der Waals surface area contributed by atoms with E-state index in [9.17, 15) is 13.2 Å². The molecular weight excluding hydrogens is 388 g/mol. The fourth-order valence-electron chi connectivity index (χ4n) is 3.67. The fourth-order valence-corrected chi connectivity index (χ4v) is 5.05. The minimum Gasteiger partial charge on any atom is -0.497 e. The third kappa shape index (κ3) is 4.26. The molecule has 0 saturated heterocycles. The number of ketones is 1. The van der Waals surface area contributed by atoms with Crippen molar-refractivity contribution in [1.29, 1.82) is 0 Å². The van der Waals surface area contributed by atoms with Crippen molar-refractivity contribution in [3.63, 3.8) is 0 Å². The van der Waals surface area contributed by atoms with Crippen LogP contribution < -0.4 is 9.46 Å². The summed E-state index contributed by atoms with van der Waals surface area (Å²) in [7, 11) is -1.98. The number of ether oxygens (including phenoxy) is 1. The highest BCUT2D eigenvalue weighted by atomic mass is 32.2. The third-order valence-electron chi connectivity index (χ3n) is 5.10. The van der Waals surface area contributed by atoms with E-state index < -0.39 is 10.0 Å². The molecule has 0 amide bonds. The van der Waals surface area contributed by atoms with Gasteiger partial charge in [0.2, 0.25) is 10.0 Å². The third-order valence-corrected chi connectivity index (χ3v) is 6.46. The van der Waals surface area contributed by atoms with E-state index in [1.54, 1.807) is 55.6 Å². The minimum absolute atomic E-state index is 0.159. The summed E-state index contributed by atoms with van der Waals surface area (Å²) < 4.78 is 35.3. The highest BCUT2D eigenvalue weighted by Gasteiger charge is 2.26. The SMILES string of the molecule is COc1ccc(C(=O)c2cccc(CS(=O)(=O)NC3CCn4cccc43)c2)cc1. The number of carbonyl (C=O) groups excluding carboxylic acids is 1. The van der Waals surface area contributed by atoms with E-state index in [1.807, 2.05) is 18.3 Å². The summed E-state index contributed by atoms with van der Waals surface area (Å²) in [6, 6.07) is 17.3. The van der Waals surface area contributed by atoms with Crippen LogP contribution in [0.2, 0.25) is 0 Å². The Hall–Kier alpha value is -2.90. The first kappa shape index (κ1) is 19.4. The predicted molar refractivity (Wildman–Crippen MR) is 110 cm³/mol. The van der Waals surface area contributed by atoms with Crippen LogP contribution in [-0.4, -0.2) is 25.9 Å². The average Bonchev–Trinajstić information content (AvgIpc) is 3.32. The Kier molecular flexibility index (Phi) is 5.25. The molecule has 3 aromatic rings. The van der Waals surface area contributed by atoms with Crippen LogP contribution in [0, 0.1) is 0 Å². The molecule has 0 saturated carbocycles. The summed E-state index contributed by atoms with van der Waals surface area (Å²) >= 11 is 0. The first-order chi connectivity index (χ1) is 13.9. The molecule has 0 aliphatic carbocycles. The Bertz CT molecular complexity index is 1130.